The van der Waals surface area contributed by atoms with E-state index in [0.717, 1.165) is 22.5 Å². The number of pyridine rings is 1. The third kappa shape index (κ3) is 2.62. The normalized spacial score (nSPS) is 15.2. The lowest BCUT2D eigenvalue weighted by Crippen LogP contribution is -2.42. The fourth-order valence-electron chi connectivity index (χ4n) is 3.86. The first-order chi connectivity index (χ1) is 12.2. The highest BCUT2D eigenvalue weighted by atomic mass is 16.2. The van der Waals surface area contributed by atoms with Crippen molar-refractivity contribution in [2.45, 2.75) is 18.3 Å². The number of benzene rings is 2. The highest BCUT2D eigenvalue weighted by Crippen LogP contribution is 2.44. The minimum Gasteiger partial charge on any atom is -0.299 e. The molecule has 0 aliphatic carbocycles. The van der Waals surface area contributed by atoms with Crippen molar-refractivity contribution in [1.29, 1.82) is 0 Å². The van der Waals surface area contributed by atoms with Gasteiger partial charge in [-0.1, -0.05) is 66.7 Å². The summed E-state index contributed by atoms with van der Waals surface area (Å²) in [6.45, 7) is 0. The lowest BCUT2D eigenvalue weighted by atomic mass is 9.72. The molecule has 0 unspecified atom stereocenters. The molecule has 25 heavy (non-hydrogen) atoms. The lowest BCUT2D eigenvalue weighted by molar-refractivity contribution is -0.122. The summed E-state index contributed by atoms with van der Waals surface area (Å²) < 4.78 is 0. The van der Waals surface area contributed by atoms with Gasteiger partial charge in [0.25, 0.3) is 0 Å². The Hall–Kier alpha value is -2.94. The Morgan fingerprint density at radius 2 is 1.40 bits per heavy atom. The third-order valence-electron chi connectivity index (χ3n) is 5.03. The number of anilines is 1. The predicted molar refractivity (Wildman–Crippen MR) is 99.6 cm³/mol. The van der Waals surface area contributed by atoms with Gasteiger partial charge in [-0.2, -0.15) is 0 Å². The van der Waals surface area contributed by atoms with Crippen LogP contribution in [0, 0.1) is 0 Å². The third-order valence-corrected chi connectivity index (χ3v) is 5.03. The molecule has 4 rings (SSSR count). The van der Waals surface area contributed by atoms with Crippen LogP contribution in [0.5, 0.6) is 0 Å². The number of nitrogens with zero attached hydrogens (tertiary/aromatic N) is 2. The zero-order chi connectivity index (χ0) is 17.3. The van der Waals surface area contributed by atoms with Crippen LogP contribution < -0.4 is 4.90 Å². The zero-order valence-electron chi connectivity index (χ0n) is 14.2. The van der Waals surface area contributed by atoms with E-state index < -0.39 is 5.41 Å². The van der Waals surface area contributed by atoms with E-state index in [1.165, 1.54) is 0 Å². The number of carbonyl (C=O) groups excluding carboxylic acids is 1. The minimum atomic E-state index is -0.610. The van der Waals surface area contributed by atoms with E-state index in [1.54, 1.807) is 11.1 Å². The van der Waals surface area contributed by atoms with E-state index in [1.807, 2.05) is 49.5 Å². The number of carbonyl (C=O) groups is 1. The molecule has 3 heteroatoms. The molecule has 1 aromatic heterocycles. The molecule has 2 heterocycles. The van der Waals surface area contributed by atoms with Crippen molar-refractivity contribution in [1.82, 2.24) is 4.98 Å². The molecule has 0 bridgehead atoms. The van der Waals surface area contributed by atoms with Gasteiger partial charge >= 0.3 is 0 Å². The molecule has 1 amide bonds. The smallest absolute Gasteiger partial charge is 0.239 e. The number of aromatic nitrogens is 1. The van der Waals surface area contributed by atoms with Crippen molar-refractivity contribution < 1.29 is 4.79 Å². The van der Waals surface area contributed by atoms with Gasteiger partial charge in [-0.15, -0.1) is 0 Å². The Morgan fingerprint density at radius 1 is 0.840 bits per heavy atom. The largest absolute Gasteiger partial charge is 0.299 e. The molecular formula is C22H20N2O. The van der Waals surface area contributed by atoms with Gasteiger partial charge in [0.2, 0.25) is 5.91 Å². The predicted octanol–water partition coefficient (Wildman–Crippen LogP) is 3.78. The van der Waals surface area contributed by atoms with Crippen LogP contribution in [-0.2, 0) is 23.1 Å². The fraction of sp³-hybridized carbons (Fsp3) is 0.182. The number of rotatable bonds is 4. The van der Waals surface area contributed by atoms with Crippen LogP contribution in [0.3, 0.4) is 0 Å². The van der Waals surface area contributed by atoms with Gasteiger partial charge in [-0.3, -0.25) is 9.69 Å². The van der Waals surface area contributed by atoms with Crippen LogP contribution in [0.15, 0.2) is 79.0 Å². The maximum Gasteiger partial charge on any atom is 0.239 e. The molecule has 0 fully saturated rings. The lowest BCUT2D eigenvalue weighted by Gasteiger charge is -2.28. The van der Waals surface area contributed by atoms with Crippen LogP contribution in [-0.4, -0.2) is 17.9 Å². The van der Waals surface area contributed by atoms with Crippen molar-refractivity contribution in [3.05, 3.63) is 95.7 Å². The highest BCUT2D eigenvalue weighted by molar-refractivity contribution is 6.07. The van der Waals surface area contributed by atoms with Crippen molar-refractivity contribution in [3.8, 4) is 0 Å². The second kappa shape index (κ2) is 6.17. The van der Waals surface area contributed by atoms with Gasteiger partial charge in [-0.05, 0) is 30.0 Å². The van der Waals surface area contributed by atoms with Crippen LogP contribution >= 0.6 is 0 Å². The second-order valence-electron chi connectivity index (χ2n) is 6.65. The number of fused-ring (bicyclic) bond motifs is 1. The molecule has 3 aromatic rings. The fourth-order valence-corrected chi connectivity index (χ4v) is 3.86. The standard InChI is InChI=1S/C22H20N2O/c1-24-20-19(13-8-14-23-20)22(21(24)25,15-17-9-4-2-5-10-17)16-18-11-6-3-7-12-18/h2-14H,15-16H2,1H3. The maximum atomic E-state index is 13.4. The van der Waals surface area contributed by atoms with E-state index in [2.05, 4.69) is 35.3 Å². The molecule has 0 saturated carbocycles. The van der Waals surface area contributed by atoms with Gasteiger partial charge in [0, 0.05) is 18.8 Å². The Kier molecular flexibility index (Phi) is 3.85. The first-order valence-corrected chi connectivity index (χ1v) is 8.52. The summed E-state index contributed by atoms with van der Waals surface area (Å²) in [6, 6.07) is 24.5. The second-order valence-corrected chi connectivity index (χ2v) is 6.65. The highest BCUT2D eigenvalue weighted by Gasteiger charge is 2.50. The number of hydrogen-bond donors (Lipinski definition) is 0. The number of hydrogen-bond acceptors (Lipinski definition) is 2. The summed E-state index contributed by atoms with van der Waals surface area (Å²) in [4.78, 5) is 19.6. The van der Waals surface area contributed by atoms with Gasteiger partial charge in [0.15, 0.2) is 0 Å². The summed E-state index contributed by atoms with van der Waals surface area (Å²) in [5, 5.41) is 0. The number of likely N-dealkylation sites (N-methyl/N-ethyl adjacent to an activating group) is 1. The summed E-state index contributed by atoms with van der Waals surface area (Å²) in [6.07, 6.45) is 3.10. The Balaban J connectivity index is 1.86. The Morgan fingerprint density at radius 3 is 1.96 bits per heavy atom. The van der Waals surface area contributed by atoms with Gasteiger partial charge < -0.3 is 0 Å². The molecule has 1 aliphatic heterocycles. The van der Waals surface area contributed by atoms with Crippen LogP contribution in [0.4, 0.5) is 5.82 Å². The first kappa shape index (κ1) is 15.6. The summed E-state index contributed by atoms with van der Waals surface area (Å²) in [5.41, 5.74) is 2.74. The topological polar surface area (TPSA) is 33.2 Å². The average molecular weight is 328 g/mol. The monoisotopic (exact) mass is 328 g/mol. The van der Waals surface area contributed by atoms with Crippen molar-refractivity contribution in [3.63, 3.8) is 0 Å². The summed E-state index contributed by atoms with van der Waals surface area (Å²) in [5.74, 6) is 0.897. The molecule has 2 aromatic carbocycles. The molecule has 0 N–H and O–H groups in total. The molecule has 0 spiro atoms. The number of amides is 1. The molecule has 124 valence electrons. The Bertz CT molecular complexity index is 849. The van der Waals surface area contributed by atoms with E-state index >= 15 is 0 Å². The minimum absolute atomic E-state index is 0.119. The first-order valence-electron chi connectivity index (χ1n) is 8.52. The molecule has 0 atom stereocenters. The van der Waals surface area contributed by atoms with Crippen molar-refractivity contribution >= 4 is 11.7 Å². The van der Waals surface area contributed by atoms with E-state index in [9.17, 15) is 4.79 Å². The molecule has 0 saturated heterocycles. The molecule has 0 radical (unpaired) electrons. The van der Waals surface area contributed by atoms with E-state index in [-0.39, 0.29) is 5.91 Å². The van der Waals surface area contributed by atoms with Gasteiger partial charge in [0.05, 0.1) is 5.41 Å². The quantitative estimate of drug-likeness (QED) is 0.730. The molecular weight excluding hydrogens is 308 g/mol. The molecule has 3 nitrogen and oxygen atoms in total. The van der Waals surface area contributed by atoms with Crippen LogP contribution in [0.2, 0.25) is 0 Å². The summed E-state index contributed by atoms with van der Waals surface area (Å²) in [7, 11) is 1.83. The van der Waals surface area contributed by atoms with Crippen LogP contribution in [0.1, 0.15) is 16.7 Å². The van der Waals surface area contributed by atoms with E-state index in [0.29, 0.717) is 12.8 Å². The van der Waals surface area contributed by atoms with Gasteiger partial charge in [-0.25, -0.2) is 4.98 Å². The van der Waals surface area contributed by atoms with Gasteiger partial charge in [0.1, 0.15) is 5.82 Å². The SMILES string of the molecule is CN1C(=O)C(Cc2ccccc2)(Cc2ccccc2)c2cccnc21. The molecule has 1 aliphatic rings. The Labute approximate surface area is 148 Å². The van der Waals surface area contributed by atoms with Crippen LogP contribution in [0.25, 0.3) is 0 Å². The maximum absolute atomic E-state index is 13.4. The zero-order valence-corrected chi connectivity index (χ0v) is 14.2. The van der Waals surface area contributed by atoms with E-state index in [4.69, 9.17) is 0 Å². The van der Waals surface area contributed by atoms with Crippen molar-refractivity contribution in [2.75, 3.05) is 11.9 Å². The summed E-state index contributed by atoms with van der Waals surface area (Å²) >= 11 is 0. The average Bonchev–Trinajstić information content (AvgIpc) is 2.86. The van der Waals surface area contributed by atoms with Crippen molar-refractivity contribution in [2.24, 2.45) is 0 Å².